The lowest BCUT2D eigenvalue weighted by Crippen LogP contribution is -2.36. The van der Waals surface area contributed by atoms with E-state index in [1.165, 1.54) is 0 Å². The van der Waals surface area contributed by atoms with Gasteiger partial charge in [0.2, 0.25) is 0 Å². The molecule has 21 heavy (non-hydrogen) atoms. The molecule has 1 fully saturated rings. The molecule has 1 saturated heterocycles. The van der Waals surface area contributed by atoms with E-state index in [2.05, 4.69) is 24.8 Å². The van der Waals surface area contributed by atoms with Crippen LogP contribution in [0.5, 0.6) is 0 Å². The molecular weight excluding hydrogens is 266 g/mol. The molecule has 0 bridgehead atoms. The minimum Gasteiger partial charge on any atom is -0.378 e. The Labute approximate surface area is 121 Å². The van der Waals surface area contributed by atoms with Gasteiger partial charge >= 0.3 is 0 Å². The minimum absolute atomic E-state index is 0.734. The van der Waals surface area contributed by atoms with Gasteiger partial charge in [-0.1, -0.05) is 6.07 Å². The quantitative estimate of drug-likeness (QED) is 0.776. The van der Waals surface area contributed by atoms with Crippen LogP contribution in [0, 0.1) is 0 Å². The molecule has 1 aliphatic rings. The van der Waals surface area contributed by atoms with Gasteiger partial charge in [0.25, 0.3) is 0 Å². The van der Waals surface area contributed by atoms with Crippen LogP contribution in [-0.4, -0.2) is 46.2 Å². The molecule has 0 spiro atoms. The van der Waals surface area contributed by atoms with Crippen molar-refractivity contribution in [1.29, 1.82) is 0 Å². The van der Waals surface area contributed by atoms with Crippen LogP contribution < -0.4 is 4.90 Å². The maximum absolute atomic E-state index is 5.43. The molecule has 0 aromatic carbocycles. The summed E-state index contributed by atoms with van der Waals surface area (Å²) in [5.74, 6) is 0.961. The van der Waals surface area contributed by atoms with E-state index in [1.807, 2.05) is 24.5 Å². The Morgan fingerprint density at radius 2 is 2.10 bits per heavy atom. The number of hydrogen-bond acceptors (Lipinski definition) is 5. The second-order valence-corrected chi connectivity index (χ2v) is 4.96. The largest absolute Gasteiger partial charge is 0.378 e. The summed E-state index contributed by atoms with van der Waals surface area (Å²) < 4.78 is 5.43. The van der Waals surface area contributed by atoms with Crippen LogP contribution in [0.25, 0.3) is 22.2 Å². The summed E-state index contributed by atoms with van der Waals surface area (Å²) in [6, 6.07) is 3.98. The highest BCUT2D eigenvalue weighted by Gasteiger charge is 2.19. The molecule has 0 unspecified atom stereocenters. The minimum atomic E-state index is 0.734. The predicted molar refractivity (Wildman–Crippen MR) is 80.2 cm³/mol. The average molecular weight is 281 g/mol. The molecule has 0 aliphatic carbocycles. The molecule has 4 heterocycles. The van der Waals surface area contributed by atoms with Gasteiger partial charge in [-0.2, -0.15) is 0 Å². The molecule has 106 valence electrons. The predicted octanol–water partition coefficient (Wildman–Crippen LogP) is 1.86. The zero-order chi connectivity index (χ0) is 14.1. The molecule has 6 heteroatoms. The first-order chi connectivity index (χ1) is 10.4. The van der Waals surface area contributed by atoms with Crippen LogP contribution >= 0.6 is 0 Å². The van der Waals surface area contributed by atoms with Gasteiger partial charge in [-0.15, -0.1) is 0 Å². The van der Waals surface area contributed by atoms with Crippen molar-refractivity contribution in [1.82, 2.24) is 19.9 Å². The van der Waals surface area contributed by atoms with Gasteiger partial charge in [0.1, 0.15) is 17.8 Å². The van der Waals surface area contributed by atoms with Crippen molar-refractivity contribution in [2.24, 2.45) is 0 Å². The van der Waals surface area contributed by atoms with E-state index in [0.717, 1.165) is 54.3 Å². The molecule has 3 aromatic rings. The number of hydrogen-bond donors (Lipinski definition) is 1. The second-order valence-electron chi connectivity index (χ2n) is 4.96. The van der Waals surface area contributed by atoms with Gasteiger partial charge in [0.15, 0.2) is 0 Å². The summed E-state index contributed by atoms with van der Waals surface area (Å²) in [5, 5.41) is 1.05. The Balaban J connectivity index is 1.89. The Bertz CT molecular complexity index is 749. The summed E-state index contributed by atoms with van der Waals surface area (Å²) in [7, 11) is 0. The summed E-state index contributed by atoms with van der Waals surface area (Å²) >= 11 is 0. The Kier molecular flexibility index (Phi) is 3.01. The van der Waals surface area contributed by atoms with Crippen LogP contribution in [-0.2, 0) is 4.74 Å². The third-order valence-electron chi connectivity index (χ3n) is 3.73. The molecule has 4 rings (SSSR count). The average Bonchev–Trinajstić information content (AvgIpc) is 3.00. The molecule has 3 aromatic heterocycles. The number of nitrogens with zero attached hydrogens (tertiary/aromatic N) is 4. The van der Waals surface area contributed by atoms with Crippen molar-refractivity contribution >= 4 is 16.9 Å². The van der Waals surface area contributed by atoms with E-state index >= 15 is 0 Å². The summed E-state index contributed by atoms with van der Waals surface area (Å²) in [4.78, 5) is 18.5. The normalized spacial score (nSPS) is 15.5. The van der Waals surface area contributed by atoms with Gasteiger partial charge in [-0.05, 0) is 6.07 Å². The monoisotopic (exact) mass is 281 g/mol. The first kappa shape index (κ1) is 12.3. The van der Waals surface area contributed by atoms with Gasteiger partial charge in [0.05, 0.1) is 18.6 Å². The van der Waals surface area contributed by atoms with Gasteiger partial charge in [-0.3, -0.25) is 4.98 Å². The lowest BCUT2D eigenvalue weighted by molar-refractivity contribution is 0.122. The standard InChI is InChI=1S/C15H15N5O/c1-2-11(8-16-3-1)12-9-17-14-13(12)15(19-10-18-14)20-4-6-21-7-5-20/h1-3,8-10H,4-7H2,(H,17,18,19). The van der Waals surface area contributed by atoms with Crippen molar-refractivity contribution in [3.05, 3.63) is 37.1 Å². The highest BCUT2D eigenvalue weighted by molar-refractivity contribution is 6.01. The third-order valence-corrected chi connectivity index (χ3v) is 3.73. The fourth-order valence-electron chi connectivity index (χ4n) is 2.71. The number of rotatable bonds is 2. The fourth-order valence-corrected chi connectivity index (χ4v) is 2.71. The number of aromatic amines is 1. The number of H-pyrrole nitrogens is 1. The van der Waals surface area contributed by atoms with Gasteiger partial charge < -0.3 is 14.6 Å². The Morgan fingerprint density at radius 1 is 1.19 bits per heavy atom. The van der Waals surface area contributed by atoms with Crippen LogP contribution in [0.4, 0.5) is 5.82 Å². The summed E-state index contributed by atoms with van der Waals surface area (Å²) in [5.41, 5.74) is 3.00. The first-order valence-electron chi connectivity index (χ1n) is 6.98. The van der Waals surface area contributed by atoms with Crippen LogP contribution in [0.15, 0.2) is 37.1 Å². The zero-order valence-electron chi connectivity index (χ0n) is 11.5. The Morgan fingerprint density at radius 3 is 2.90 bits per heavy atom. The number of nitrogens with one attached hydrogen (secondary N) is 1. The van der Waals surface area contributed by atoms with E-state index in [4.69, 9.17) is 4.74 Å². The van der Waals surface area contributed by atoms with Crippen LogP contribution in [0.2, 0.25) is 0 Å². The molecule has 6 nitrogen and oxygen atoms in total. The molecule has 1 N–H and O–H groups in total. The summed E-state index contributed by atoms with van der Waals surface area (Å²) in [6.45, 7) is 3.17. The van der Waals surface area contributed by atoms with Gasteiger partial charge in [-0.25, -0.2) is 9.97 Å². The number of ether oxygens (including phenoxy) is 1. The molecule has 0 amide bonds. The van der Waals surface area contributed by atoms with Crippen molar-refractivity contribution < 1.29 is 4.74 Å². The summed E-state index contributed by atoms with van der Waals surface area (Å²) in [6.07, 6.45) is 7.22. The number of aromatic nitrogens is 4. The SMILES string of the molecule is c1cncc(-c2c[nH]c3ncnc(N4CCOCC4)c23)c1. The van der Waals surface area contributed by atoms with Crippen LogP contribution in [0.1, 0.15) is 0 Å². The topological polar surface area (TPSA) is 66.9 Å². The lowest BCUT2D eigenvalue weighted by Gasteiger charge is -2.28. The highest BCUT2D eigenvalue weighted by Crippen LogP contribution is 2.33. The molecule has 0 saturated carbocycles. The van der Waals surface area contributed by atoms with Crippen molar-refractivity contribution in [3.8, 4) is 11.1 Å². The first-order valence-corrected chi connectivity index (χ1v) is 6.98. The highest BCUT2D eigenvalue weighted by atomic mass is 16.5. The smallest absolute Gasteiger partial charge is 0.143 e. The zero-order valence-corrected chi connectivity index (χ0v) is 11.5. The number of anilines is 1. The maximum Gasteiger partial charge on any atom is 0.143 e. The van der Waals surface area contributed by atoms with E-state index in [1.54, 1.807) is 12.5 Å². The van der Waals surface area contributed by atoms with Crippen molar-refractivity contribution in [2.75, 3.05) is 31.2 Å². The lowest BCUT2D eigenvalue weighted by atomic mass is 10.1. The van der Waals surface area contributed by atoms with Crippen molar-refractivity contribution in [3.63, 3.8) is 0 Å². The van der Waals surface area contributed by atoms with E-state index in [0.29, 0.717) is 0 Å². The number of pyridine rings is 1. The molecule has 0 radical (unpaired) electrons. The second kappa shape index (κ2) is 5.14. The molecular formula is C15H15N5O. The maximum atomic E-state index is 5.43. The van der Waals surface area contributed by atoms with E-state index in [9.17, 15) is 0 Å². The van der Waals surface area contributed by atoms with E-state index in [-0.39, 0.29) is 0 Å². The Hall–Kier alpha value is -2.47. The van der Waals surface area contributed by atoms with Crippen LogP contribution in [0.3, 0.4) is 0 Å². The third kappa shape index (κ3) is 2.13. The fraction of sp³-hybridized carbons (Fsp3) is 0.267. The number of fused-ring (bicyclic) bond motifs is 1. The van der Waals surface area contributed by atoms with E-state index < -0.39 is 0 Å². The van der Waals surface area contributed by atoms with Gasteiger partial charge in [0, 0.05) is 42.8 Å². The molecule has 0 atom stereocenters. The molecule has 1 aliphatic heterocycles. The number of morpholine rings is 1. The van der Waals surface area contributed by atoms with Crippen molar-refractivity contribution in [2.45, 2.75) is 0 Å².